The van der Waals surface area contributed by atoms with E-state index in [1.54, 1.807) is 0 Å². The molecule has 0 bridgehead atoms. The highest BCUT2D eigenvalue weighted by molar-refractivity contribution is 5.35. The first-order chi connectivity index (χ1) is 8.59. The van der Waals surface area contributed by atoms with E-state index in [4.69, 9.17) is 5.11 Å². The van der Waals surface area contributed by atoms with Crippen molar-refractivity contribution < 1.29 is 31.4 Å². The Kier molecular flexibility index (Phi) is 4.46. The third-order valence-electron chi connectivity index (χ3n) is 2.54. The van der Waals surface area contributed by atoms with Gasteiger partial charge in [0.1, 0.15) is 0 Å². The van der Waals surface area contributed by atoms with Gasteiger partial charge < -0.3 is 10.4 Å². The number of likely N-dealkylation sites (N-methyl/N-ethyl adjacent to an activating group) is 1. The van der Waals surface area contributed by atoms with Crippen LogP contribution in [0.4, 0.5) is 26.3 Å². The first-order valence-corrected chi connectivity index (χ1v) is 5.17. The van der Waals surface area contributed by atoms with Gasteiger partial charge in [0.15, 0.2) is 0 Å². The lowest BCUT2D eigenvalue weighted by Gasteiger charge is -2.18. The average molecular weight is 287 g/mol. The van der Waals surface area contributed by atoms with E-state index in [0.717, 1.165) is 0 Å². The predicted octanol–water partition coefficient (Wildman–Crippen LogP) is 2.98. The summed E-state index contributed by atoms with van der Waals surface area (Å²) in [5, 5.41) is 11.4. The summed E-state index contributed by atoms with van der Waals surface area (Å²) in [5.41, 5.74) is -3.07. The van der Waals surface area contributed by atoms with Gasteiger partial charge in [-0.1, -0.05) is 0 Å². The van der Waals surface area contributed by atoms with Crippen molar-refractivity contribution in [2.24, 2.45) is 0 Å². The summed E-state index contributed by atoms with van der Waals surface area (Å²) < 4.78 is 75.3. The van der Waals surface area contributed by atoms with Gasteiger partial charge in [-0.2, -0.15) is 26.3 Å². The van der Waals surface area contributed by atoms with Crippen molar-refractivity contribution in [3.05, 3.63) is 34.9 Å². The summed E-state index contributed by atoms with van der Waals surface area (Å²) >= 11 is 0. The molecule has 1 aromatic carbocycles. The Labute approximate surface area is 105 Å². The topological polar surface area (TPSA) is 32.3 Å². The molecule has 1 aromatic rings. The fourth-order valence-electron chi connectivity index (χ4n) is 1.54. The molecule has 0 spiro atoms. The van der Waals surface area contributed by atoms with Crippen molar-refractivity contribution in [2.45, 2.75) is 18.4 Å². The van der Waals surface area contributed by atoms with E-state index in [2.05, 4.69) is 5.32 Å². The van der Waals surface area contributed by atoms with Crippen molar-refractivity contribution in [1.29, 1.82) is 0 Å². The second-order valence-corrected chi connectivity index (χ2v) is 3.86. The molecular weight excluding hydrogens is 276 g/mol. The molecule has 0 aromatic heterocycles. The molecule has 0 saturated carbocycles. The van der Waals surface area contributed by atoms with Crippen molar-refractivity contribution in [3.63, 3.8) is 0 Å². The number of benzene rings is 1. The third-order valence-corrected chi connectivity index (χ3v) is 2.54. The lowest BCUT2D eigenvalue weighted by atomic mass is 10.00. The van der Waals surface area contributed by atoms with Crippen LogP contribution >= 0.6 is 0 Å². The standard InChI is InChI=1S/C11H11F6NO/c1-18-9(5-19)6-2-7(10(12,13)14)4-8(3-6)11(15,16)17/h2-4,9,18-19H,5H2,1H3/t9-/m0/s1. The first kappa shape index (κ1) is 15.8. The van der Waals surface area contributed by atoms with Gasteiger partial charge in [0.25, 0.3) is 0 Å². The van der Waals surface area contributed by atoms with Gasteiger partial charge in [-0.25, -0.2) is 0 Å². The van der Waals surface area contributed by atoms with Crippen LogP contribution in [0.2, 0.25) is 0 Å². The highest BCUT2D eigenvalue weighted by Crippen LogP contribution is 2.37. The van der Waals surface area contributed by atoms with Gasteiger partial charge >= 0.3 is 12.4 Å². The quantitative estimate of drug-likeness (QED) is 0.838. The summed E-state index contributed by atoms with van der Waals surface area (Å²) in [4.78, 5) is 0. The second kappa shape index (κ2) is 5.38. The monoisotopic (exact) mass is 287 g/mol. The molecule has 1 rings (SSSR count). The maximum Gasteiger partial charge on any atom is 0.416 e. The number of alkyl halides is 6. The van der Waals surface area contributed by atoms with E-state index in [0.29, 0.717) is 12.1 Å². The van der Waals surface area contributed by atoms with Crippen molar-refractivity contribution in [2.75, 3.05) is 13.7 Å². The Morgan fingerprint density at radius 3 is 1.68 bits per heavy atom. The van der Waals surface area contributed by atoms with Crippen molar-refractivity contribution >= 4 is 0 Å². The van der Waals surface area contributed by atoms with Gasteiger partial charge in [-0.3, -0.25) is 0 Å². The number of hydrogen-bond donors (Lipinski definition) is 2. The number of aliphatic hydroxyl groups excluding tert-OH is 1. The highest BCUT2D eigenvalue weighted by atomic mass is 19.4. The minimum Gasteiger partial charge on any atom is -0.394 e. The zero-order valence-electron chi connectivity index (χ0n) is 9.73. The van der Waals surface area contributed by atoms with Crippen LogP contribution in [-0.4, -0.2) is 18.8 Å². The molecule has 0 aliphatic heterocycles. The Bertz CT molecular complexity index is 404. The van der Waals surface area contributed by atoms with Gasteiger partial charge in [0.2, 0.25) is 0 Å². The van der Waals surface area contributed by atoms with Gasteiger partial charge in [0.05, 0.1) is 23.8 Å². The lowest BCUT2D eigenvalue weighted by molar-refractivity contribution is -0.143. The van der Waals surface area contributed by atoms with Crippen LogP contribution < -0.4 is 5.32 Å². The largest absolute Gasteiger partial charge is 0.416 e. The Morgan fingerprint density at radius 1 is 1.00 bits per heavy atom. The van der Waals surface area contributed by atoms with E-state index >= 15 is 0 Å². The van der Waals surface area contributed by atoms with Crippen LogP contribution in [0, 0.1) is 0 Å². The average Bonchev–Trinajstić information content (AvgIpc) is 2.28. The van der Waals surface area contributed by atoms with E-state index in [1.807, 2.05) is 0 Å². The van der Waals surface area contributed by atoms with Gasteiger partial charge in [-0.05, 0) is 30.8 Å². The Morgan fingerprint density at radius 2 is 1.42 bits per heavy atom. The molecule has 2 N–H and O–H groups in total. The molecule has 19 heavy (non-hydrogen) atoms. The number of halogens is 6. The summed E-state index contributed by atoms with van der Waals surface area (Å²) in [5.74, 6) is 0. The van der Waals surface area contributed by atoms with E-state index in [1.165, 1.54) is 7.05 Å². The van der Waals surface area contributed by atoms with E-state index in [-0.39, 0.29) is 11.6 Å². The van der Waals surface area contributed by atoms with Crippen LogP contribution in [0.1, 0.15) is 22.7 Å². The summed E-state index contributed by atoms with van der Waals surface area (Å²) in [6.07, 6.45) is -9.77. The van der Waals surface area contributed by atoms with Gasteiger partial charge in [-0.15, -0.1) is 0 Å². The summed E-state index contributed by atoms with van der Waals surface area (Å²) in [7, 11) is 1.33. The Hall–Kier alpha value is -1.28. The van der Waals surface area contributed by atoms with Gasteiger partial charge in [0, 0.05) is 0 Å². The van der Waals surface area contributed by atoms with Crippen LogP contribution in [0.25, 0.3) is 0 Å². The fourth-order valence-corrected chi connectivity index (χ4v) is 1.54. The molecular formula is C11H11F6NO. The van der Waals surface area contributed by atoms with Crippen LogP contribution in [0.15, 0.2) is 18.2 Å². The van der Waals surface area contributed by atoms with Crippen LogP contribution in [-0.2, 0) is 12.4 Å². The first-order valence-electron chi connectivity index (χ1n) is 5.17. The molecule has 2 nitrogen and oxygen atoms in total. The summed E-state index contributed by atoms with van der Waals surface area (Å²) in [6, 6.07) is 0.232. The van der Waals surface area contributed by atoms with E-state index < -0.39 is 36.1 Å². The van der Waals surface area contributed by atoms with E-state index in [9.17, 15) is 26.3 Å². The van der Waals surface area contributed by atoms with Crippen LogP contribution in [0.5, 0.6) is 0 Å². The minimum absolute atomic E-state index is 0.0492. The number of rotatable bonds is 3. The minimum atomic E-state index is -4.89. The maximum absolute atomic E-state index is 12.6. The molecule has 0 aliphatic rings. The van der Waals surface area contributed by atoms with Crippen molar-refractivity contribution in [1.82, 2.24) is 5.32 Å². The SMILES string of the molecule is CN[C@@H](CO)c1cc(C(F)(F)F)cc(C(F)(F)F)c1. The molecule has 108 valence electrons. The van der Waals surface area contributed by atoms with Crippen LogP contribution in [0.3, 0.4) is 0 Å². The third kappa shape index (κ3) is 3.84. The molecule has 0 fully saturated rings. The number of nitrogens with one attached hydrogen (secondary N) is 1. The summed E-state index contributed by atoms with van der Waals surface area (Å²) in [6.45, 7) is -0.616. The maximum atomic E-state index is 12.6. The zero-order valence-corrected chi connectivity index (χ0v) is 9.73. The molecule has 0 saturated heterocycles. The molecule has 0 amide bonds. The highest BCUT2D eigenvalue weighted by Gasteiger charge is 2.37. The fraction of sp³-hybridized carbons (Fsp3) is 0.455. The zero-order chi connectivity index (χ0) is 14.8. The molecule has 0 radical (unpaired) electrons. The molecule has 0 heterocycles. The molecule has 1 atom stereocenters. The number of aliphatic hydroxyl groups is 1. The molecule has 0 aliphatic carbocycles. The molecule has 8 heteroatoms. The Balaban J connectivity index is 3.41. The normalized spacial score (nSPS) is 14.5. The molecule has 0 unspecified atom stereocenters. The smallest absolute Gasteiger partial charge is 0.394 e. The van der Waals surface area contributed by atoms with Crippen molar-refractivity contribution in [3.8, 4) is 0 Å². The second-order valence-electron chi connectivity index (χ2n) is 3.86. The number of hydrogen-bond acceptors (Lipinski definition) is 2. The predicted molar refractivity (Wildman–Crippen MR) is 55.3 cm³/mol. The lowest BCUT2D eigenvalue weighted by Crippen LogP contribution is -2.22.